The van der Waals surface area contributed by atoms with Gasteiger partial charge in [-0.3, -0.25) is 4.79 Å². The van der Waals surface area contributed by atoms with Crippen LogP contribution in [0.25, 0.3) is 6.08 Å². The van der Waals surface area contributed by atoms with Crippen molar-refractivity contribution in [2.24, 2.45) is 0 Å². The Labute approximate surface area is 125 Å². The van der Waals surface area contributed by atoms with E-state index in [0.29, 0.717) is 4.47 Å². The molecule has 0 saturated carbocycles. The number of halogens is 2. The third-order valence-corrected chi connectivity index (χ3v) is 3.55. The number of carboxylic acid groups (broad SMARTS) is 1. The molecule has 0 radical (unpaired) electrons. The first-order chi connectivity index (χ1) is 9.16. The van der Waals surface area contributed by atoms with Gasteiger partial charge >= 0.3 is 5.97 Å². The zero-order valence-corrected chi connectivity index (χ0v) is 12.9. The number of amides is 1. The highest BCUT2D eigenvalue weighted by Gasteiger charge is 2.34. The molecule has 1 N–H and O–H groups in total. The summed E-state index contributed by atoms with van der Waals surface area (Å²) >= 11 is 3.21. The van der Waals surface area contributed by atoms with Gasteiger partial charge in [0.1, 0.15) is 11.4 Å². The van der Waals surface area contributed by atoms with Crippen molar-refractivity contribution in [2.45, 2.75) is 19.4 Å². The molecule has 1 aromatic carbocycles. The standard InChI is InChI=1S/C14H15BrFNO3/c1-14(2,13(19)20)17(3)12(18)7-4-9-8-10(15)5-6-11(9)16/h4-8H,1-3H3,(H,19,20). The Kier molecular flexibility index (Phi) is 5.05. The molecule has 0 saturated heterocycles. The molecule has 0 aliphatic heterocycles. The summed E-state index contributed by atoms with van der Waals surface area (Å²) in [6.45, 7) is 2.83. The first kappa shape index (κ1) is 16.4. The lowest BCUT2D eigenvalue weighted by Gasteiger charge is -2.30. The number of hydrogen-bond acceptors (Lipinski definition) is 2. The third kappa shape index (κ3) is 3.66. The minimum absolute atomic E-state index is 0.245. The van der Waals surface area contributed by atoms with E-state index in [-0.39, 0.29) is 5.56 Å². The number of nitrogens with zero attached hydrogens (tertiary/aromatic N) is 1. The van der Waals surface area contributed by atoms with E-state index in [1.165, 1.54) is 39.1 Å². The summed E-state index contributed by atoms with van der Waals surface area (Å²) in [5, 5.41) is 9.04. The van der Waals surface area contributed by atoms with Crippen LogP contribution in [-0.4, -0.2) is 34.5 Å². The second kappa shape index (κ2) is 6.17. The maximum Gasteiger partial charge on any atom is 0.329 e. The quantitative estimate of drug-likeness (QED) is 0.855. The highest BCUT2D eigenvalue weighted by Crippen LogP contribution is 2.18. The first-order valence-electron chi connectivity index (χ1n) is 5.80. The summed E-state index contributed by atoms with van der Waals surface area (Å²) in [5.41, 5.74) is -1.09. The summed E-state index contributed by atoms with van der Waals surface area (Å²) in [5.74, 6) is -2.09. The third-order valence-electron chi connectivity index (χ3n) is 3.06. The molecule has 20 heavy (non-hydrogen) atoms. The van der Waals surface area contributed by atoms with Crippen molar-refractivity contribution in [1.29, 1.82) is 0 Å². The molecule has 6 heteroatoms. The SMILES string of the molecule is CN(C(=O)C=Cc1cc(Br)ccc1F)C(C)(C)C(=O)O. The van der Waals surface area contributed by atoms with E-state index in [9.17, 15) is 14.0 Å². The summed E-state index contributed by atoms with van der Waals surface area (Å²) in [4.78, 5) is 24.0. The van der Waals surface area contributed by atoms with Gasteiger partial charge < -0.3 is 10.0 Å². The number of carboxylic acids is 1. The van der Waals surface area contributed by atoms with Crippen molar-refractivity contribution in [3.8, 4) is 0 Å². The van der Waals surface area contributed by atoms with Crippen LogP contribution in [0.3, 0.4) is 0 Å². The van der Waals surface area contributed by atoms with Crippen LogP contribution in [0.2, 0.25) is 0 Å². The predicted octanol–water partition coefficient (Wildman–Crippen LogP) is 2.92. The number of rotatable bonds is 4. The van der Waals surface area contributed by atoms with Crippen molar-refractivity contribution >= 4 is 33.9 Å². The molecule has 0 spiro atoms. The van der Waals surface area contributed by atoms with Crippen LogP contribution >= 0.6 is 15.9 Å². The van der Waals surface area contributed by atoms with Gasteiger partial charge in [-0.05, 0) is 38.1 Å². The van der Waals surface area contributed by atoms with Gasteiger partial charge in [-0.1, -0.05) is 15.9 Å². The van der Waals surface area contributed by atoms with Crippen LogP contribution in [0.15, 0.2) is 28.7 Å². The van der Waals surface area contributed by atoms with Crippen LogP contribution < -0.4 is 0 Å². The van der Waals surface area contributed by atoms with E-state index >= 15 is 0 Å². The highest BCUT2D eigenvalue weighted by molar-refractivity contribution is 9.10. The minimum atomic E-state index is -1.34. The number of carbonyl (C=O) groups excluding carboxylic acids is 1. The summed E-state index contributed by atoms with van der Waals surface area (Å²) < 4.78 is 14.2. The average molecular weight is 344 g/mol. The van der Waals surface area contributed by atoms with E-state index < -0.39 is 23.2 Å². The average Bonchev–Trinajstić information content (AvgIpc) is 2.38. The van der Waals surface area contributed by atoms with Crippen molar-refractivity contribution in [1.82, 2.24) is 4.90 Å². The van der Waals surface area contributed by atoms with Crippen LogP contribution in [-0.2, 0) is 9.59 Å². The zero-order chi connectivity index (χ0) is 15.5. The Balaban J connectivity index is 2.93. The molecule has 4 nitrogen and oxygen atoms in total. The maximum absolute atomic E-state index is 13.5. The van der Waals surface area contributed by atoms with Gasteiger partial charge in [0.25, 0.3) is 0 Å². The lowest BCUT2D eigenvalue weighted by atomic mass is 10.0. The Morgan fingerprint density at radius 3 is 2.55 bits per heavy atom. The zero-order valence-electron chi connectivity index (χ0n) is 11.4. The van der Waals surface area contributed by atoms with Gasteiger partial charge in [-0.25, -0.2) is 9.18 Å². The van der Waals surface area contributed by atoms with Gasteiger partial charge in [0, 0.05) is 23.2 Å². The Hall–Kier alpha value is -1.69. The highest BCUT2D eigenvalue weighted by atomic mass is 79.9. The lowest BCUT2D eigenvalue weighted by molar-refractivity contribution is -0.153. The molecule has 1 rings (SSSR count). The van der Waals surface area contributed by atoms with Crippen LogP contribution in [0.5, 0.6) is 0 Å². The monoisotopic (exact) mass is 343 g/mol. The van der Waals surface area contributed by atoms with E-state index in [4.69, 9.17) is 5.11 Å². The second-order valence-electron chi connectivity index (χ2n) is 4.76. The van der Waals surface area contributed by atoms with E-state index in [1.807, 2.05) is 0 Å². The molecule has 0 heterocycles. The number of aliphatic carboxylic acids is 1. The Morgan fingerprint density at radius 1 is 1.40 bits per heavy atom. The minimum Gasteiger partial charge on any atom is -0.480 e. The number of likely N-dealkylation sites (N-methyl/N-ethyl adjacent to an activating group) is 1. The topological polar surface area (TPSA) is 57.6 Å². The Bertz CT molecular complexity index is 570. The molecular formula is C14H15BrFNO3. The van der Waals surface area contributed by atoms with Gasteiger partial charge in [0.2, 0.25) is 5.91 Å². The summed E-state index contributed by atoms with van der Waals surface area (Å²) in [6, 6.07) is 4.36. The molecule has 0 fully saturated rings. The summed E-state index contributed by atoms with van der Waals surface area (Å²) in [6.07, 6.45) is 2.46. The van der Waals surface area contributed by atoms with Crippen molar-refractivity contribution in [2.75, 3.05) is 7.05 Å². The van der Waals surface area contributed by atoms with E-state index in [2.05, 4.69) is 15.9 Å². The van der Waals surface area contributed by atoms with Gasteiger partial charge in [-0.2, -0.15) is 0 Å². The smallest absolute Gasteiger partial charge is 0.329 e. The molecule has 0 aliphatic rings. The number of hydrogen-bond donors (Lipinski definition) is 1. The van der Waals surface area contributed by atoms with Crippen LogP contribution in [0, 0.1) is 5.82 Å². The lowest BCUT2D eigenvalue weighted by Crippen LogP contribution is -2.50. The maximum atomic E-state index is 13.5. The van der Waals surface area contributed by atoms with Gasteiger partial charge in [0.15, 0.2) is 0 Å². The molecular weight excluding hydrogens is 329 g/mol. The molecule has 0 unspecified atom stereocenters. The molecule has 0 atom stereocenters. The second-order valence-corrected chi connectivity index (χ2v) is 5.68. The molecule has 108 valence electrons. The van der Waals surface area contributed by atoms with E-state index in [0.717, 1.165) is 11.0 Å². The fourth-order valence-electron chi connectivity index (χ4n) is 1.33. The predicted molar refractivity (Wildman–Crippen MR) is 77.6 cm³/mol. The fraction of sp³-hybridized carbons (Fsp3) is 0.286. The number of benzene rings is 1. The first-order valence-corrected chi connectivity index (χ1v) is 6.60. The van der Waals surface area contributed by atoms with Gasteiger partial charge in [0.05, 0.1) is 0 Å². The largest absolute Gasteiger partial charge is 0.480 e. The Morgan fingerprint density at radius 2 is 2.00 bits per heavy atom. The molecule has 0 aliphatic carbocycles. The van der Waals surface area contributed by atoms with Crippen molar-refractivity contribution in [3.63, 3.8) is 0 Å². The van der Waals surface area contributed by atoms with Crippen molar-refractivity contribution < 1.29 is 19.1 Å². The number of carbonyl (C=O) groups is 2. The summed E-state index contributed by atoms with van der Waals surface area (Å²) in [7, 11) is 1.39. The molecule has 1 aromatic rings. The van der Waals surface area contributed by atoms with Gasteiger partial charge in [-0.15, -0.1) is 0 Å². The van der Waals surface area contributed by atoms with Crippen LogP contribution in [0.1, 0.15) is 19.4 Å². The molecule has 1 amide bonds. The normalized spacial score (nSPS) is 11.7. The fourth-order valence-corrected chi connectivity index (χ4v) is 1.71. The van der Waals surface area contributed by atoms with E-state index in [1.54, 1.807) is 6.07 Å². The molecule has 0 aromatic heterocycles. The van der Waals surface area contributed by atoms with Crippen molar-refractivity contribution in [3.05, 3.63) is 40.1 Å². The molecule has 0 bridgehead atoms. The van der Waals surface area contributed by atoms with Crippen LogP contribution in [0.4, 0.5) is 4.39 Å².